The SMILES string of the molecule is O=C(Cl)C1(Cl)Cc2ccc(Cc3cncnc3)cc2OC1C(F)(F)F. The van der Waals surface area contributed by atoms with Crippen molar-refractivity contribution in [2.24, 2.45) is 0 Å². The number of rotatable bonds is 3. The van der Waals surface area contributed by atoms with Gasteiger partial charge in [-0.3, -0.25) is 4.79 Å². The van der Waals surface area contributed by atoms with E-state index in [9.17, 15) is 18.0 Å². The molecule has 0 spiro atoms. The molecule has 2 unspecified atom stereocenters. The van der Waals surface area contributed by atoms with Crippen molar-refractivity contribution in [3.05, 3.63) is 53.6 Å². The minimum atomic E-state index is -4.84. The molecule has 9 heteroatoms. The van der Waals surface area contributed by atoms with Crippen LogP contribution >= 0.6 is 23.2 Å². The molecule has 0 radical (unpaired) electrons. The molecule has 1 aliphatic rings. The van der Waals surface area contributed by atoms with E-state index in [2.05, 4.69) is 9.97 Å². The molecule has 4 nitrogen and oxygen atoms in total. The van der Waals surface area contributed by atoms with E-state index in [1.165, 1.54) is 12.4 Å². The van der Waals surface area contributed by atoms with Gasteiger partial charge in [0.2, 0.25) is 11.3 Å². The number of alkyl halides is 4. The predicted molar refractivity (Wildman–Crippen MR) is 84.9 cm³/mol. The fourth-order valence-corrected chi connectivity index (χ4v) is 3.19. The van der Waals surface area contributed by atoms with E-state index < -0.39 is 22.4 Å². The Balaban J connectivity index is 1.94. The van der Waals surface area contributed by atoms with Gasteiger partial charge >= 0.3 is 6.18 Å². The van der Waals surface area contributed by atoms with Crippen LogP contribution in [0.1, 0.15) is 16.7 Å². The molecule has 0 fully saturated rings. The number of nitrogens with zero attached hydrogens (tertiary/aromatic N) is 2. The quantitative estimate of drug-likeness (QED) is 0.592. The third-order valence-corrected chi connectivity index (χ3v) is 4.82. The lowest BCUT2D eigenvalue weighted by molar-refractivity contribution is -0.207. The number of hydrogen-bond donors (Lipinski definition) is 0. The number of carbonyl (C=O) groups excluding carboxylic acids is 1. The van der Waals surface area contributed by atoms with Crippen molar-refractivity contribution in [3.63, 3.8) is 0 Å². The Hall–Kier alpha value is -1.86. The average molecular weight is 391 g/mol. The Morgan fingerprint density at radius 3 is 2.56 bits per heavy atom. The molecule has 2 aromatic rings. The molecule has 1 aliphatic heterocycles. The van der Waals surface area contributed by atoms with Crippen LogP contribution in [0.15, 0.2) is 36.9 Å². The molecule has 2 atom stereocenters. The fourth-order valence-electron chi connectivity index (χ4n) is 2.71. The smallest absolute Gasteiger partial charge is 0.427 e. The molecular weight excluding hydrogens is 380 g/mol. The van der Waals surface area contributed by atoms with E-state index in [-0.39, 0.29) is 12.2 Å². The van der Waals surface area contributed by atoms with Crippen LogP contribution in [0.3, 0.4) is 0 Å². The molecule has 1 aromatic carbocycles. The zero-order valence-electron chi connectivity index (χ0n) is 12.6. The van der Waals surface area contributed by atoms with Gasteiger partial charge in [-0.15, -0.1) is 11.6 Å². The average Bonchev–Trinajstić information content (AvgIpc) is 2.54. The monoisotopic (exact) mass is 390 g/mol. The van der Waals surface area contributed by atoms with Crippen LogP contribution in [-0.4, -0.2) is 32.4 Å². The van der Waals surface area contributed by atoms with Gasteiger partial charge in [0.05, 0.1) is 0 Å². The normalized spacial score (nSPS) is 22.8. The van der Waals surface area contributed by atoms with Gasteiger partial charge in [-0.2, -0.15) is 13.2 Å². The summed E-state index contributed by atoms with van der Waals surface area (Å²) in [4.78, 5) is 16.9. The van der Waals surface area contributed by atoms with Gasteiger partial charge < -0.3 is 4.74 Å². The van der Waals surface area contributed by atoms with Crippen LogP contribution in [0.5, 0.6) is 5.75 Å². The summed E-state index contributed by atoms with van der Waals surface area (Å²) in [6.07, 6.45) is -2.69. The second-order valence-electron chi connectivity index (χ2n) is 5.72. The highest BCUT2D eigenvalue weighted by molar-refractivity contribution is 6.71. The van der Waals surface area contributed by atoms with Crippen molar-refractivity contribution in [1.29, 1.82) is 0 Å². The van der Waals surface area contributed by atoms with Crippen LogP contribution in [-0.2, 0) is 17.6 Å². The lowest BCUT2D eigenvalue weighted by Gasteiger charge is -2.38. The molecule has 0 saturated heterocycles. The Kier molecular flexibility index (Phi) is 4.64. The first kappa shape index (κ1) is 17.9. The van der Waals surface area contributed by atoms with E-state index in [0.717, 1.165) is 5.56 Å². The predicted octanol–water partition coefficient (Wildman–Crippen LogP) is 3.68. The van der Waals surface area contributed by atoms with Crippen LogP contribution in [0.4, 0.5) is 13.2 Å². The van der Waals surface area contributed by atoms with Crippen LogP contribution < -0.4 is 4.74 Å². The Morgan fingerprint density at radius 1 is 1.28 bits per heavy atom. The summed E-state index contributed by atoms with van der Waals surface area (Å²) < 4.78 is 45.0. The van der Waals surface area contributed by atoms with Gasteiger partial charge in [-0.1, -0.05) is 12.1 Å². The van der Waals surface area contributed by atoms with Crippen molar-refractivity contribution in [2.75, 3.05) is 0 Å². The van der Waals surface area contributed by atoms with Gasteiger partial charge in [0, 0.05) is 25.2 Å². The molecule has 0 amide bonds. The van der Waals surface area contributed by atoms with E-state index in [1.54, 1.807) is 24.5 Å². The molecule has 3 rings (SSSR count). The fraction of sp³-hybridized carbons (Fsp3) is 0.312. The molecule has 0 saturated carbocycles. The van der Waals surface area contributed by atoms with Crippen LogP contribution in [0, 0.1) is 0 Å². The van der Waals surface area contributed by atoms with Crippen molar-refractivity contribution < 1.29 is 22.7 Å². The zero-order valence-corrected chi connectivity index (χ0v) is 14.1. The standard InChI is InChI=1S/C16H11Cl2F3N2O2/c17-14(24)15(18)5-11-2-1-9(3-10-6-22-8-23-7-10)4-12(11)25-13(15)16(19,20)21/h1-2,4,6-8,13H,3,5H2. The Morgan fingerprint density at radius 2 is 1.96 bits per heavy atom. The lowest BCUT2D eigenvalue weighted by atomic mass is 9.89. The van der Waals surface area contributed by atoms with Gasteiger partial charge in [-0.25, -0.2) is 9.97 Å². The third-order valence-electron chi connectivity index (χ3n) is 3.89. The maximum Gasteiger partial charge on any atom is 0.427 e. The Labute approximate surface area is 150 Å². The van der Waals surface area contributed by atoms with Gasteiger partial charge in [0.1, 0.15) is 12.1 Å². The molecule has 132 valence electrons. The van der Waals surface area contributed by atoms with E-state index in [0.29, 0.717) is 17.5 Å². The summed E-state index contributed by atoms with van der Waals surface area (Å²) in [6, 6.07) is 4.80. The largest absolute Gasteiger partial charge is 0.478 e. The molecule has 1 aromatic heterocycles. The molecule has 0 N–H and O–H groups in total. The van der Waals surface area contributed by atoms with Crippen molar-refractivity contribution in [1.82, 2.24) is 9.97 Å². The summed E-state index contributed by atoms with van der Waals surface area (Å²) in [5.74, 6) is 0.0332. The van der Waals surface area contributed by atoms with Crippen LogP contribution in [0.2, 0.25) is 0 Å². The van der Waals surface area contributed by atoms with Crippen molar-refractivity contribution in [3.8, 4) is 5.75 Å². The first-order valence-electron chi connectivity index (χ1n) is 7.18. The van der Waals surface area contributed by atoms with Gasteiger partial charge in [-0.05, 0) is 34.4 Å². The number of halogens is 5. The van der Waals surface area contributed by atoms with E-state index in [4.69, 9.17) is 27.9 Å². The maximum absolute atomic E-state index is 13.3. The molecule has 0 bridgehead atoms. The number of ether oxygens (including phenoxy) is 1. The lowest BCUT2D eigenvalue weighted by Crippen LogP contribution is -2.57. The summed E-state index contributed by atoms with van der Waals surface area (Å²) in [7, 11) is 0. The highest BCUT2D eigenvalue weighted by atomic mass is 35.5. The molecule has 0 aliphatic carbocycles. The zero-order chi connectivity index (χ0) is 18.2. The second kappa shape index (κ2) is 6.46. The third kappa shape index (κ3) is 3.57. The summed E-state index contributed by atoms with van der Waals surface area (Å²) in [6.45, 7) is 0. The topological polar surface area (TPSA) is 52.1 Å². The van der Waals surface area contributed by atoms with E-state index >= 15 is 0 Å². The highest BCUT2D eigenvalue weighted by Gasteiger charge is 2.60. The first-order chi connectivity index (χ1) is 11.7. The van der Waals surface area contributed by atoms with Gasteiger partial charge in [0.15, 0.2) is 4.87 Å². The number of fused-ring (bicyclic) bond motifs is 1. The van der Waals surface area contributed by atoms with Gasteiger partial charge in [0.25, 0.3) is 0 Å². The maximum atomic E-state index is 13.3. The molecular formula is C16H11Cl2F3N2O2. The van der Waals surface area contributed by atoms with Crippen molar-refractivity contribution in [2.45, 2.75) is 30.0 Å². The Bertz CT molecular complexity index is 802. The number of carbonyl (C=O) groups is 1. The number of hydrogen-bond acceptors (Lipinski definition) is 4. The number of aromatic nitrogens is 2. The summed E-state index contributed by atoms with van der Waals surface area (Å²) >= 11 is 11.3. The summed E-state index contributed by atoms with van der Waals surface area (Å²) in [5, 5.41) is -1.30. The highest BCUT2D eigenvalue weighted by Crippen LogP contribution is 2.45. The molecule has 2 heterocycles. The second-order valence-corrected chi connectivity index (χ2v) is 6.74. The minimum absolute atomic E-state index is 0.0332. The summed E-state index contributed by atoms with van der Waals surface area (Å²) in [5.41, 5.74) is 1.90. The first-order valence-corrected chi connectivity index (χ1v) is 7.93. The minimum Gasteiger partial charge on any atom is -0.478 e. The molecule has 25 heavy (non-hydrogen) atoms. The van der Waals surface area contributed by atoms with Crippen LogP contribution in [0.25, 0.3) is 0 Å². The van der Waals surface area contributed by atoms with E-state index in [1.807, 2.05) is 0 Å². The number of benzene rings is 1. The van der Waals surface area contributed by atoms with Crippen molar-refractivity contribution >= 4 is 28.4 Å².